The summed E-state index contributed by atoms with van der Waals surface area (Å²) in [5.74, 6) is 0.535. The molecule has 0 saturated heterocycles. The highest BCUT2D eigenvalue weighted by Gasteiger charge is 2.15. The standard InChI is InChI=1S/C24H31N3O4/c1-4-17-25(2)18-7-5-6-8-19-31-23-15-13-21(14-16-23)26(3)24(28)20-9-11-22(12-10-20)27(29)30/h4,9-16H,1,5-8,17-19H2,2-3H3. The number of rotatable bonds is 13. The predicted octanol–water partition coefficient (Wildman–Crippen LogP) is 4.93. The maximum Gasteiger partial charge on any atom is 0.269 e. The normalized spacial score (nSPS) is 10.7. The van der Waals surface area contributed by atoms with Crippen molar-refractivity contribution in [2.45, 2.75) is 25.7 Å². The minimum absolute atomic E-state index is 0.0410. The zero-order chi connectivity index (χ0) is 22.6. The summed E-state index contributed by atoms with van der Waals surface area (Å²) in [5.41, 5.74) is 1.07. The van der Waals surface area contributed by atoms with Crippen LogP contribution in [0.1, 0.15) is 36.0 Å². The zero-order valence-electron chi connectivity index (χ0n) is 18.3. The topological polar surface area (TPSA) is 75.9 Å². The Bertz CT molecular complexity index is 850. The second-order valence-electron chi connectivity index (χ2n) is 7.48. The average Bonchev–Trinajstić information content (AvgIpc) is 2.78. The molecule has 0 unspecified atom stereocenters. The Morgan fingerprint density at radius 1 is 1.03 bits per heavy atom. The highest BCUT2D eigenvalue weighted by Crippen LogP contribution is 2.21. The van der Waals surface area contributed by atoms with E-state index < -0.39 is 4.92 Å². The quantitative estimate of drug-likeness (QED) is 0.197. The van der Waals surface area contributed by atoms with Gasteiger partial charge >= 0.3 is 0 Å². The summed E-state index contributed by atoms with van der Waals surface area (Å²) in [5, 5.41) is 10.8. The summed E-state index contributed by atoms with van der Waals surface area (Å²) in [7, 11) is 3.78. The zero-order valence-corrected chi connectivity index (χ0v) is 18.3. The molecular weight excluding hydrogens is 394 g/mol. The van der Waals surface area contributed by atoms with E-state index in [4.69, 9.17) is 4.74 Å². The molecule has 2 aromatic carbocycles. The Kier molecular flexibility index (Phi) is 9.71. The summed E-state index contributed by atoms with van der Waals surface area (Å²) in [6.45, 7) is 6.42. The Balaban J connectivity index is 1.74. The fourth-order valence-electron chi connectivity index (χ4n) is 3.14. The molecule has 0 atom stereocenters. The maximum atomic E-state index is 12.6. The van der Waals surface area contributed by atoms with Gasteiger partial charge in [-0.05, 0) is 62.8 Å². The van der Waals surface area contributed by atoms with Crippen LogP contribution < -0.4 is 9.64 Å². The van der Waals surface area contributed by atoms with Crippen LogP contribution in [0.4, 0.5) is 11.4 Å². The number of carbonyl (C=O) groups excluding carboxylic acids is 1. The van der Waals surface area contributed by atoms with Crippen molar-refractivity contribution in [3.05, 3.63) is 76.9 Å². The van der Waals surface area contributed by atoms with Crippen LogP contribution >= 0.6 is 0 Å². The Morgan fingerprint density at radius 3 is 2.29 bits per heavy atom. The van der Waals surface area contributed by atoms with Crippen LogP contribution in [0, 0.1) is 10.1 Å². The third-order valence-corrected chi connectivity index (χ3v) is 5.00. The van der Waals surface area contributed by atoms with E-state index in [2.05, 4.69) is 18.5 Å². The van der Waals surface area contributed by atoms with E-state index >= 15 is 0 Å². The highest BCUT2D eigenvalue weighted by atomic mass is 16.6. The number of hydrogen-bond acceptors (Lipinski definition) is 5. The first-order valence-electron chi connectivity index (χ1n) is 10.5. The second kappa shape index (κ2) is 12.5. The average molecular weight is 426 g/mol. The van der Waals surface area contributed by atoms with E-state index in [0.29, 0.717) is 12.2 Å². The van der Waals surface area contributed by atoms with Gasteiger partial charge in [-0.1, -0.05) is 18.9 Å². The van der Waals surface area contributed by atoms with Crippen LogP contribution in [0.5, 0.6) is 5.75 Å². The van der Waals surface area contributed by atoms with Crippen molar-refractivity contribution in [1.29, 1.82) is 0 Å². The molecule has 0 bridgehead atoms. The molecule has 31 heavy (non-hydrogen) atoms. The molecule has 166 valence electrons. The van der Waals surface area contributed by atoms with Gasteiger partial charge in [0, 0.05) is 37.0 Å². The summed E-state index contributed by atoms with van der Waals surface area (Å²) in [6.07, 6.45) is 6.41. The molecule has 1 amide bonds. The number of non-ortho nitro benzene ring substituents is 1. The number of nitro groups is 1. The minimum atomic E-state index is -0.486. The minimum Gasteiger partial charge on any atom is -0.494 e. The van der Waals surface area contributed by atoms with Crippen molar-refractivity contribution in [2.24, 2.45) is 0 Å². The molecule has 0 saturated carbocycles. The molecule has 0 aliphatic carbocycles. The lowest BCUT2D eigenvalue weighted by Crippen LogP contribution is -2.26. The van der Waals surface area contributed by atoms with Gasteiger partial charge in [-0.15, -0.1) is 6.58 Å². The molecule has 0 aliphatic heterocycles. The van der Waals surface area contributed by atoms with Gasteiger partial charge in [0.25, 0.3) is 11.6 Å². The van der Waals surface area contributed by atoms with Crippen LogP contribution in [-0.2, 0) is 0 Å². The molecule has 7 heteroatoms. The molecule has 0 radical (unpaired) electrons. The monoisotopic (exact) mass is 425 g/mol. The Morgan fingerprint density at radius 2 is 1.68 bits per heavy atom. The van der Waals surface area contributed by atoms with Gasteiger partial charge in [-0.3, -0.25) is 14.9 Å². The number of anilines is 1. The SMILES string of the molecule is C=CCN(C)CCCCCCOc1ccc(N(C)C(=O)c2ccc([N+](=O)[O-])cc2)cc1. The number of unbranched alkanes of at least 4 members (excludes halogenated alkanes) is 3. The van der Waals surface area contributed by atoms with Gasteiger partial charge < -0.3 is 14.5 Å². The van der Waals surface area contributed by atoms with Crippen LogP contribution in [0.15, 0.2) is 61.2 Å². The van der Waals surface area contributed by atoms with Gasteiger partial charge in [-0.2, -0.15) is 0 Å². The summed E-state index contributed by atoms with van der Waals surface area (Å²) >= 11 is 0. The maximum absolute atomic E-state index is 12.6. The summed E-state index contributed by atoms with van der Waals surface area (Å²) in [4.78, 5) is 26.6. The van der Waals surface area contributed by atoms with Crippen LogP contribution in [-0.4, -0.2) is 49.5 Å². The molecule has 2 rings (SSSR count). The summed E-state index contributed by atoms with van der Waals surface area (Å²) < 4.78 is 5.80. The molecular formula is C24H31N3O4. The van der Waals surface area contributed by atoms with Crippen molar-refractivity contribution in [3.8, 4) is 5.75 Å². The van der Waals surface area contributed by atoms with Crippen LogP contribution in [0.3, 0.4) is 0 Å². The molecule has 7 nitrogen and oxygen atoms in total. The number of amides is 1. The van der Waals surface area contributed by atoms with E-state index in [1.807, 2.05) is 30.3 Å². The number of nitrogens with zero attached hydrogens (tertiary/aromatic N) is 3. The van der Waals surface area contributed by atoms with Crippen LogP contribution in [0.25, 0.3) is 0 Å². The molecule has 0 aliphatic rings. The van der Waals surface area contributed by atoms with Gasteiger partial charge in [0.1, 0.15) is 5.75 Å². The van der Waals surface area contributed by atoms with E-state index in [-0.39, 0.29) is 11.6 Å². The van der Waals surface area contributed by atoms with E-state index in [9.17, 15) is 14.9 Å². The second-order valence-corrected chi connectivity index (χ2v) is 7.48. The molecule has 0 spiro atoms. The van der Waals surface area contributed by atoms with Crippen molar-refractivity contribution in [1.82, 2.24) is 4.90 Å². The van der Waals surface area contributed by atoms with Crippen molar-refractivity contribution in [2.75, 3.05) is 38.7 Å². The molecule has 0 aromatic heterocycles. The third-order valence-electron chi connectivity index (χ3n) is 5.00. The number of likely N-dealkylation sites (N-methyl/N-ethyl adjacent to an activating group) is 1. The van der Waals surface area contributed by atoms with Crippen molar-refractivity contribution >= 4 is 17.3 Å². The van der Waals surface area contributed by atoms with Gasteiger partial charge in [0.2, 0.25) is 0 Å². The summed E-state index contributed by atoms with van der Waals surface area (Å²) in [6, 6.07) is 12.9. The predicted molar refractivity (Wildman–Crippen MR) is 124 cm³/mol. The number of hydrogen-bond donors (Lipinski definition) is 0. The molecule has 0 N–H and O–H groups in total. The lowest BCUT2D eigenvalue weighted by atomic mass is 10.1. The molecule has 0 fully saturated rings. The highest BCUT2D eigenvalue weighted by molar-refractivity contribution is 6.05. The molecule has 0 heterocycles. The van der Waals surface area contributed by atoms with Gasteiger partial charge in [0.05, 0.1) is 11.5 Å². The Labute approximate surface area is 184 Å². The van der Waals surface area contributed by atoms with E-state index in [1.54, 1.807) is 7.05 Å². The first kappa shape index (κ1) is 24.1. The number of carbonyl (C=O) groups is 1. The van der Waals surface area contributed by atoms with Crippen molar-refractivity contribution < 1.29 is 14.5 Å². The lowest BCUT2D eigenvalue weighted by Gasteiger charge is -2.18. The number of nitro benzene ring substituents is 1. The smallest absolute Gasteiger partial charge is 0.269 e. The third kappa shape index (κ3) is 7.86. The number of ether oxygens (including phenoxy) is 1. The van der Waals surface area contributed by atoms with Crippen LogP contribution in [0.2, 0.25) is 0 Å². The van der Waals surface area contributed by atoms with E-state index in [0.717, 1.165) is 37.4 Å². The Hall–Kier alpha value is -3.19. The molecule has 2 aromatic rings. The van der Waals surface area contributed by atoms with Gasteiger partial charge in [-0.25, -0.2) is 0 Å². The largest absolute Gasteiger partial charge is 0.494 e. The first-order valence-corrected chi connectivity index (χ1v) is 10.5. The first-order chi connectivity index (χ1) is 14.9. The van der Waals surface area contributed by atoms with E-state index in [1.165, 1.54) is 42.0 Å². The van der Waals surface area contributed by atoms with Gasteiger partial charge in [0.15, 0.2) is 0 Å². The fraction of sp³-hybridized carbons (Fsp3) is 0.375. The fourth-order valence-corrected chi connectivity index (χ4v) is 3.14. The number of benzene rings is 2. The lowest BCUT2D eigenvalue weighted by molar-refractivity contribution is -0.384. The van der Waals surface area contributed by atoms with Crippen molar-refractivity contribution in [3.63, 3.8) is 0 Å².